The highest BCUT2D eigenvalue weighted by Gasteiger charge is 2.33. The number of ether oxygens (including phenoxy) is 3. The van der Waals surface area contributed by atoms with Gasteiger partial charge in [0.05, 0.1) is 6.61 Å². The maximum absolute atomic E-state index is 11.3. The molecule has 0 aliphatic carbocycles. The summed E-state index contributed by atoms with van der Waals surface area (Å²) in [7, 11) is 1.48. The number of carboxylic acids is 1. The van der Waals surface area contributed by atoms with Gasteiger partial charge in [-0.3, -0.25) is 4.79 Å². The number of carbonyl (C=O) groups is 1. The molecule has 3 atom stereocenters. The van der Waals surface area contributed by atoms with E-state index in [-0.39, 0.29) is 19.1 Å². The summed E-state index contributed by atoms with van der Waals surface area (Å²) in [5.74, 6) is -0.949. The topological polar surface area (TPSA) is 68.2 Å². The summed E-state index contributed by atoms with van der Waals surface area (Å²) in [6.07, 6.45) is -0.708. The van der Waals surface area contributed by atoms with Crippen molar-refractivity contribution in [3.05, 3.63) is 0 Å². The van der Waals surface area contributed by atoms with Crippen LogP contribution in [0.1, 0.15) is 27.7 Å². The Balaban J connectivity index is 4.95. The van der Waals surface area contributed by atoms with Crippen LogP contribution in [0.2, 0.25) is 0 Å². The molecule has 0 amide bonds. The van der Waals surface area contributed by atoms with Crippen LogP contribution in [-0.2, 0) is 19.0 Å². The quantitative estimate of drug-likeness (QED) is 0.596. The molecule has 0 spiro atoms. The van der Waals surface area contributed by atoms with Crippen LogP contribution in [0.25, 0.3) is 0 Å². The molecule has 108 valence electrons. The number of methoxy groups -OCH3 is 1. The van der Waals surface area contributed by atoms with E-state index in [9.17, 15) is 9.90 Å². The molecule has 0 saturated carbocycles. The Bertz CT molecular complexity index is 225. The van der Waals surface area contributed by atoms with Gasteiger partial charge in [-0.2, -0.15) is 0 Å². The van der Waals surface area contributed by atoms with Gasteiger partial charge in [-0.1, -0.05) is 0 Å². The molecule has 18 heavy (non-hydrogen) atoms. The van der Waals surface area contributed by atoms with E-state index in [4.69, 9.17) is 14.2 Å². The van der Waals surface area contributed by atoms with E-state index in [2.05, 4.69) is 0 Å². The minimum atomic E-state index is -0.949. The Morgan fingerprint density at radius 2 is 1.61 bits per heavy atom. The lowest BCUT2D eigenvalue weighted by molar-refractivity contribution is -0.182. The molecule has 6 nitrogen and oxygen atoms in total. The molecule has 0 aliphatic heterocycles. The molecule has 0 aromatic carbocycles. The van der Waals surface area contributed by atoms with Crippen LogP contribution >= 0.6 is 0 Å². The van der Waals surface area contributed by atoms with Crippen LogP contribution in [0, 0.1) is 0 Å². The normalized spacial score (nSPS) is 16.6. The summed E-state index contributed by atoms with van der Waals surface area (Å²) >= 11 is 0. The predicted molar refractivity (Wildman–Crippen MR) is 67.3 cm³/mol. The van der Waals surface area contributed by atoms with E-state index in [0.717, 1.165) is 0 Å². The fourth-order valence-electron chi connectivity index (χ4n) is 1.90. The van der Waals surface area contributed by atoms with Gasteiger partial charge < -0.3 is 19.3 Å². The van der Waals surface area contributed by atoms with Crippen molar-refractivity contribution in [1.29, 1.82) is 0 Å². The molecule has 0 bridgehead atoms. The van der Waals surface area contributed by atoms with Crippen LogP contribution in [-0.4, -0.2) is 61.4 Å². The summed E-state index contributed by atoms with van der Waals surface area (Å²) in [5.41, 5.74) is 0. The average molecular weight is 263 g/mol. The summed E-state index contributed by atoms with van der Waals surface area (Å²) < 4.78 is 15.9. The fourth-order valence-corrected chi connectivity index (χ4v) is 1.90. The third-order valence-electron chi connectivity index (χ3n) is 2.62. The van der Waals surface area contributed by atoms with Crippen molar-refractivity contribution < 1.29 is 24.1 Å². The lowest BCUT2D eigenvalue weighted by atomic mass is 10.2. The zero-order chi connectivity index (χ0) is 14.1. The van der Waals surface area contributed by atoms with Crippen LogP contribution in [0.15, 0.2) is 0 Å². The Morgan fingerprint density at radius 1 is 1.17 bits per heavy atom. The number of hydrogen-bond acceptors (Lipinski definition) is 5. The Labute approximate surface area is 109 Å². The van der Waals surface area contributed by atoms with Gasteiger partial charge in [-0.05, 0) is 27.7 Å². The lowest BCUT2D eigenvalue weighted by Gasteiger charge is -2.37. The zero-order valence-electron chi connectivity index (χ0n) is 11.9. The predicted octanol–water partition coefficient (Wildman–Crippen LogP) is 1.15. The zero-order valence-corrected chi connectivity index (χ0v) is 11.9. The number of hydrogen-bond donors (Lipinski definition) is 1. The first kappa shape index (κ1) is 17.3. The first-order chi connectivity index (χ1) is 8.49. The second kappa shape index (κ2) is 9.27. The van der Waals surface area contributed by atoms with E-state index >= 15 is 0 Å². The number of carboxylic acid groups (broad SMARTS) is 1. The Kier molecular flexibility index (Phi) is 8.91. The van der Waals surface area contributed by atoms with E-state index in [1.54, 1.807) is 4.90 Å². The molecule has 6 heteroatoms. The van der Waals surface area contributed by atoms with Gasteiger partial charge in [0.1, 0.15) is 18.5 Å². The van der Waals surface area contributed by atoms with Crippen molar-refractivity contribution in [2.24, 2.45) is 0 Å². The molecular formula is C12H25NO5. The molecule has 0 aliphatic rings. The van der Waals surface area contributed by atoms with Crippen molar-refractivity contribution in [2.45, 2.75) is 46.2 Å². The van der Waals surface area contributed by atoms with Gasteiger partial charge in [0, 0.05) is 20.3 Å². The van der Waals surface area contributed by atoms with E-state index in [1.165, 1.54) is 7.11 Å². The monoisotopic (exact) mass is 263 g/mol. The molecule has 0 rings (SSSR count). The van der Waals surface area contributed by atoms with Gasteiger partial charge in [-0.15, -0.1) is 0 Å². The van der Waals surface area contributed by atoms with Crippen molar-refractivity contribution in [3.8, 4) is 0 Å². The number of rotatable bonds is 10. The first-order valence-corrected chi connectivity index (χ1v) is 6.21. The van der Waals surface area contributed by atoms with Crippen molar-refractivity contribution in [2.75, 3.05) is 26.9 Å². The fraction of sp³-hybridized carbons (Fsp3) is 0.917. The number of nitrogens with zero attached hydrogens (tertiary/aromatic N) is 1. The van der Waals surface area contributed by atoms with Crippen molar-refractivity contribution >= 4 is 5.97 Å². The van der Waals surface area contributed by atoms with Crippen LogP contribution in [0.4, 0.5) is 0 Å². The average Bonchev–Trinajstić information content (AvgIpc) is 2.29. The molecule has 1 N–H and O–H groups in total. The lowest BCUT2D eigenvalue weighted by Crippen LogP contribution is -2.54. The maximum Gasteiger partial charge on any atom is 0.323 e. The smallest absolute Gasteiger partial charge is 0.323 e. The van der Waals surface area contributed by atoms with Gasteiger partial charge in [0.25, 0.3) is 0 Å². The van der Waals surface area contributed by atoms with Gasteiger partial charge in [0.15, 0.2) is 0 Å². The minimum Gasteiger partial charge on any atom is -0.480 e. The van der Waals surface area contributed by atoms with Crippen LogP contribution < -0.4 is 0 Å². The summed E-state index contributed by atoms with van der Waals surface area (Å²) in [5, 5.41) is 9.28. The SMILES string of the molecule is CCOC(C)N(C(C)OCC)C(COC)C(=O)O. The molecule has 0 aromatic rings. The highest BCUT2D eigenvalue weighted by atomic mass is 16.5. The third kappa shape index (κ3) is 5.30. The van der Waals surface area contributed by atoms with E-state index in [0.29, 0.717) is 13.2 Å². The third-order valence-corrected chi connectivity index (χ3v) is 2.62. The minimum absolute atomic E-state index is 0.0875. The Morgan fingerprint density at radius 3 is 1.89 bits per heavy atom. The van der Waals surface area contributed by atoms with E-state index < -0.39 is 12.0 Å². The van der Waals surface area contributed by atoms with Crippen LogP contribution in [0.3, 0.4) is 0 Å². The number of aliphatic carboxylic acids is 1. The van der Waals surface area contributed by atoms with Crippen molar-refractivity contribution in [1.82, 2.24) is 4.90 Å². The largest absolute Gasteiger partial charge is 0.480 e. The summed E-state index contributed by atoms with van der Waals surface area (Å²) in [4.78, 5) is 13.0. The van der Waals surface area contributed by atoms with Crippen molar-refractivity contribution in [3.63, 3.8) is 0 Å². The molecule has 0 fully saturated rings. The first-order valence-electron chi connectivity index (χ1n) is 6.21. The van der Waals surface area contributed by atoms with Gasteiger partial charge in [-0.25, -0.2) is 4.90 Å². The molecule has 0 aromatic heterocycles. The maximum atomic E-state index is 11.3. The summed E-state index contributed by atoms with van der Waals surface area (Å²) in [6.45, 7) is 8.46. The molecular weight excluding hydrogens is 238 g/mol. The second-order valence-corrected chi connectivity index (χ2v) is 3.87. The second-order valence-electron chi connectivity index (χ2n) is 3.87. The molecule has 0 radical (unpaired) electrons. The van der Waals surface area contributed by atoms with Gasteiger partial charge in [0.2, 0.25) is 0 Å². The highest BCUT2D eigenvalue weighted by Crippen LogP contribution is 2.14. The summed E-state index contributed by atoms with van der Waals surface area (Å²) in [6, 6.07) is -0.793. The molecule has 0 saturated heterocycles. The van der Waals surface area contributed by atoms with E-state index in [1.807, 2.05) is 27.7 Å². The Hall–Kier alpha value is -0.690. The highest BCUT2D eigenvalue weighted by molar-refractivity contribution is 5.73. The van der Waals surface area contributed by atoms with Crippen LogP contribution in [0.5, 0.6) is 0 Å². The molecule has 0 heterocycles. The standard InChI is InChI=1S/C12H25NO5/c1-6-17-9(3)13(10(4)18-7-2)11(8-16-5)12(14)15/h9-11H,6-8H2,1-5H3,(H,14,15). The molecule has 3 unspecified atom stereocenters. The van der Waals surface area contributed by atoms with Gasteiger partial charge >= 0.3 is 5.97 Å².